The molecule has 0 amide bonds. The molecule has 5 heteroatoms. The molecule has 0 bridgehead atoms. The predicted octanol–water partition coefficient (Wildman–Crippen LogP) is 2.44. The molecule has 1 aliphatic heterocycles. The van der Waals surface area contributed by atoms with Crippen LogP contribution in [0.3, 0.4) is 0 Å². The number of nitrogens with zero attached hydrogens (tertiary/aromatic N) is 2. The zero-order chi connectivity index (χ0) is 13.4. The highest BCUT2D eigenvalue weighted by Crippen LogP contribution is 2.19. The van der Waals surface area contributed by atoms with E-state index in [1.807, 2.05) is 7.05 Å². The van der Waals surface area contributed by atoms with Crippen molar-refractivity contribution in [3.63, 3.8) is 0 Å². The van der Waals surface area contributed by atoms with E-state index in [1.54, 1.807) is 0 Å². The van der Waals surface area contributed by atoms with Crippen LogP contribution >= 0.6 is 24.0 Å². The number of guanidine groups is 1. The monoisotopic (exact) mass is 382 g/mol. The van der Waals surface area contributed by atoms with Crippen LogP contribution in [0, 0.1) is 0 Å². The van der Waals surface area contributed by atoms with Gasteiger partial charge in [0.25, 0.3) is 0 Å². The van der Waals surface area contributed by atoms with Crippen molar-refractivity contribution in [1.29, 1.82) is 0 Å². The minimum absolute atomic E-state index is 0. The van der Waals surface area contributed by atoms with Gasteiger partial charge in [0.15, 0.2) is 5.96 Å². The summed E-state index contributed by atoms with van der Waals surface area (Å²) in [6.07, 6.45) is 5.19. The molecule has 114 valence electrons. The molecular formula is C14H31IN4. The van der Waals surface area contributed by atoms with E-state index in [-0.39, 0.29) is 29.5 Å². The average Bonchev–Trinajstić information content (AvgIpc) is 2.40. The van der Waals surface area contributed by atoms with E-state index < -0.39 is 0 Å². The van der Waals surface area contributed by atoms with Crippen molar-refractivity contribution in [1.82, 2.24) is 15.5 Å². The summed E-state index contributed by atoms with van der Waals surface area (Å²) in [7, 11) is 1.83. The first kappa shape index (κ1) is 19.0. The van der Waals surface area contributed by atoms with Gasteiger partial charge in [-0.25, -0.2) is 0 Å². The Hall–Kier alpha value is -0.0400. The van der Waals surface area contributed by atoms with Gasteiger partial charge in [0, 0.05) is 25.7 Å². The van der Waals surface area contributed by atoms with Gasteiger partial charge in [-0.2, -0.15) is 0 Å². The first-order valence-corrected chi connectivity index (χ1v) is 7.29. The van der Waals surface area contributed by atoms with Crippen molar-refractivity contribution in [3.05, 3.63) is 0 Å². The first-order chi connectivity index (χ1) is 8.60. The molecule has 4 nitrogen and oxygen atoms in total. The summed E-state index contributed by atoms with van der Waals surface area (Å²) >= 11 is 0. The largest absolute Gasteiger partial charge is 0.356 e. The topological polar surface area (TPSA) is 39.7 Å². The number of hydrogen-bond donors (Lipinski definition) is 2. The van der Waals surface area contributed by atoms with Crippen LogP contribution in [0.15, 0.2) is 4.99 Å². The van der Waals surface area contributed by atoms with E-state index in [1.165, 1.54) is 32.4 Å². The second-order valence-corrected chi connectivity index (χ2v) is 5.71. The van der Waals surface area contributed by atoms with Gasteiger partial charge in [0.05, 0.1) is 0 Å². The Labute approximate surface area is 135 Å². The molecule has 0 aromatic heterocycles. The smallest absolute Gasteiger partial charge is 0.191 e. The fourth-order valence-electron chi connectivity index (χ4n) is 2.38. The Bertz CT molecular complexity index is 260. The van der Waals surface area contributed by atoms with Crippen molar-refractivity contribution in [3.8, 4) is 0 Å². The van der Waals surface area contributed by atoms with E-state index in [9.17, 15) is 0 Å². The highest BCUT2D eigenvalue weighted by Gasteiger charge is 2.27. The predicted molar refractivity (Wildman–Crippen MR) is 94.6 cm³/mol. The summed E-state index contributed by atoms with van der Waals surface area (Å²) in [4.78, 5) is 6.84. The zero-order valence-corrected chi connectivity index (χ0v) is 15.3. The van der Waals surface area contributed by atoms with Gasteiger partial charge in [-0.05, 0) is 46.2 Å². The van der Waals surface area contributed by atoms with Crippen molar-refractivity contribution in [2.24, 2.45) is 4.99 Å². The number of hydrogen-bond acceptors (Lipinski definition) is 2. The number of aliphatic imine (C=N–C) groups is 1. The molecular weight excluding hydrogens is 351 g/mol. The van der Waals surface area contributed by atoms with E-state index >= 15 is 0 Å². The summed E-state index contributed by atoms with van der Waals surface area (Å²) in [6.45, 7) is 11.2. The van der Waals surface area contributed by atoms with Gasteiger partial charge in [0.2, 0.25) is 0 Å². The lowest BCUT2D eigenvalue weighted by molar-refractivity contribution is 0.0982. The molecule has 0 atom stereocenters. The van der Waals surface area contributed by atoms with Crippen molar-refractivity contribution >= 4 is 29.9 Å². The lowest BCUT2D eigenvalue weighted by Crippen LogP contribution is -2.54. The van der Waals surface area contributed by atoms with Gasteiger partial charge in [-0.3, -0.25) is 9.89 Å². The van der Waals surface area contributed by atoms with Gasteiger partial charge < -0.3 is 10.6 Å². The van der Waals surface area contributed by atoms with E-state index in [0.29, 0.717) is 0 Å². The first-order valence-electron chi connectivity index (χ1n) is 7.29. The van der Waals surface area contributed by atoms with Crippen LogP contribution in [0.2, 0.25) is 0 Å². The van der Waals surface area contributed by atoms with Gasteiger partial charge >= 0.3 is 0 Å². The molecule has 1 saturated heterocycles. The molecule has 2 N–H and O–H groups in total. The Balaban J connectivity index is 0.00000324. The molecule has 1 aliphatic rings. The average molecular weight is 382 g/mol. The zero-order valence-electron chi connectivity index (χ0n) is 13.0. The standard InChI is InChI=1S/C14H30N4.HI/c1-5-9-16-13(15-4)17-12-14(2,3)18-10-7-6-8-11-18;/h5-12H2,1-4H3,(H2,15,16,17);1H. The maximum atomic E-state index is 4.25. The second-order valence-electron chi connectivity index (χ2n) is 5.71. The number of halogens is 1. The summed E-state index contributed by atoms with van der Waals surface area (Å²) in [5.74, 6) is 0.918. The van der Waals surface area contributed by atoms with Gasteiger partial charge in [-0.15, -0.1) is 24.0 Å². The number of likely N-dealkylation sites (tertiary alicyclic amines) is 1. The van der Waals surface area contributed by atoms with Crippen LogP contribution in [0.5, 0.6) is 0 Å². The molecule has 1 fully saturated rings. The van der Waals surface area contributed by atoms with Gasteiger partial charge in [0.1, 0.15) is 0 Å². The molecule has 0 aromatic carbocycles. The second kappa shape index (κ2) is 9.80. The molecule has 0 radical (unpaired) electrons. The minimum atomic E-state index is 0. The Morgan fingerprint density at radius 1 is 1.16 bits per heavy atom. The normalized spacial score (nSPS) is 17.8. The van der Waals surface area contributed by atoms with E-state index in [2.05, 4.69) is 41.3 Å². The quantitative estimate of drug-likeness (QED) is 0.436. The van der Waals surface area contributed by atoms with Crippen molar-refractivity contribution in [2.75, 3.05) is 33.2 Å². The summed E-state index contributed by atoms with van der Waals surface area (Å²) < 4.78 is 0. The maximum Gasteiger partial charge on any atom is 0.191 e. The summed E-state index contributed by atoms with van der Waals surface area (Å²) in [6, 6.07) is 0. The van der Waals surface area contributed by atoms with Crippen molar-refractivity contribution < 1.29 is 0 Å². The molecule has 0 spiro atoms. The van der Waals surface area contributed by atoms with Crippen LogP contribution in [0.1, 0.15) is 46.5 Å². The third-order valence-electron chi connectivity index (χ3n) is 3.67. The lowest BCUT2D eigenvalue weighted by Gasteiger charge is -2.41. The molecule has 0 saturated carbocycles. The molecule has 1 rings (SSSR count). The molecule has 0 unspecified atom stereocenters. The molecule has 0 aromatic rings. The fraction of sp³-hybridized carbons (Fsp3) is 0.929. The summed E-state index contributed by atoms with van der Waals surface area (Å²) in [5, 5.41) is 6.75. The Morgan fingerprint density at radius 2 is 1.79 bits per heavy atom. The SMILES string of the molecule is CCCNC(=NC)NCC(C)(C)N1CCCCC1.I. The van der Waals surface area contributed by atoms with Crippen molar-refractivity contribution in [2.45, 2.75) is 52.0 Å². The fourth-order valence-corrected chi connectivity index (χ4v) is 2.38. The van der Waals surface area contributed by atoms with Crippen LogP contribution in [-0.2, 0) is 0 Å². The minimum Gasteiger partial charge on any atom is -0.356 e. The number of piperidine rings is 1. The Kier molecular flexibility index (Phi) is 9.78. The highest BCUT2D eigenvalue weighted by atomic mass is 127. The Morgan fingerprint density at radius 3 is 2.32 bits per heavy atom. The van der Waals surface area contributed by atoms with Crippen LogP contribution in [0.4, 0.5) is 0 Å². The maximum absolute atomic E-state index is 4.25. The van der Waals surface area contributed by atoms with Crippen LogP contribution in [0.25, 0.3) is 0 Å². The van der Waals surface area contributed by atoms with E-state index in [0.717, 1.165) is 25.5 Å². The highest BCUT2D eigenvalue weighted by molar-refractivity contribution is 14.0. The summed E-state index contributed by atoms with van der Waals surface area (Å²) in [5.41, 5.74) is 0.199. The third kappa shape index (κ3) is 6.79. The molecule has 1 heterocycles. The van der Waals surface area contributed by atoms with Crippen LogP contribution < -0.4 is 10.6 Å². The van der Waals surface area contributed by atoms with Crippen LogP contribution in [-0.4, -0.2) is 49.6 Å². The van der Waals surface area contributed by atoms with E-state index in [4.69, 9.17) is 0 Å². The third-order valence-corrected chi connectivity index (χ3v) is 3.67. The van der Waals surface area contributed by atoms with Gasteiger partial charge in [-0.1, -0.05) is 13.3 Å². The molecule has 19 heavy (non-hydrogen) atoms. The number of rotatable bonds is 5. The molecule has 0 aliphatic carbocycles. The lowest BCUT2D eigenvalue weighted by atomic mass is 9.98. The number of nitrogens with one attached hydrogen (secondary N) is 2.